The number of likely N-dealkylation sites (N-methyl/N-ethyl adjacent to an activating group) is 1. The molecule has 4 N–H and O–H groups in total. The van der Waals surface area contributed by atoms with E-state index in [0.29, 0.717) is 42.6 Å². The zero-order chi connectivity index (χ0) is 29.6. The Bertz CT molecular complexity index is 1210. The fraction of sp³-hybridized carbons (Fsp3) is 0.462. The number of nitrogens with one attached hydrogen (secondary N) is 1. The Hall–Kier alpha value is -3.00. The number of piperazine rings is 1. The van der Waals surface area contributed by atoms with Gasteiger partial charge in [-0.1, -0.05) is 18.5 Å². The molecule has 1 unspecified atom stereocenters. The van der Waals surface area contributed by atoms with Gasteiger partial charge < -0.3 is 21.1 Å². The van der Waals surface area contributed by atoms with E-state index in [4.69, 9.17) is 17.3 Å². The summed E-state index contributed by atoms with van der Waals surface area (Å²) in [5.41, 5.74) is 5.64. The number of rotatable bonds is 11. The van der Waals surface area contributed by atoms with Crippen LogP contribution in [0.2, 0.25) is 5.02 Å². The smallest absolute Gasteiger partial charge is 0.390 e. The third kappa shape index (κ3) is 8.03. The van der Waals surface area contributed by atoms with Gasteiger partial charge in [0.05, 0.1) is 24.4 Å². The first kappa shape index (κ1) is 31.5. The number of carbonyl (C=O) groups is 2. The third-order valence-electron chi connectivity index (χ3n) is 6.78. The fourth-order valence-electron chi connectivity index (χ4n) is 4.55. The van der Waals surface area contributed by atoms with E-state index in [1.54, 1.807) is 24.0 Å². The number of aliphatic hydroxyl groups is 1. The van der Waals surface area contributed by atoms with E-state index < -0.39 is 48.7 Å². The van der Waals surface area contributed by atoms with Gasteiger partial charge in [0.1, 0.15) is 6.04 Å². The van der Waals surface area contributed by atoms with Crippen molar-refractivity contribution < 1.29 is 36.6 Å². The quantitative estimate of drug-likeness (QED) is 0.345. The second-order valence-electron chi connectivity index (χ2n) is 9.36. The first-order valence-electron chi connectivity index (χ1n) is 12.6. The second-order valence-corrected chi connectivity index (χ2v) is 9.80. The Morgan fingerprint density at radius 1 is 1.15 bits per heavy atom. The van der Waals surface area contributed by atoms with Gasteiger partial charge in [0.15, 0.2) is 11.6 Å². The summed E-state index contributed by atoms with van der Waals surface area (Å²) in [6.07, 6.45) is -5.15. The third-order valence-corrected chi connectivity index (χ3v) is 7.02. The van der Waals surface area contributed by atoms with Crippen molar-refractivity contribution in [2.24, 2.45) is 5.73 Å². The lowest BCUT2D eigenvalue weighted by Gasteiger charge is -2.37. The molecule has 1 aliphatic rings. The highest BCUT2D eigenvalue weighted by Gasteiger charge is 2.30. The molecule has 0 aromatic heterocycles. The molecule has 1 heterocycles. The van der Waals surface area contributed by atoms with Crippen molar-refractivity contribution in [1.29, 1.82) is 0 Å². The molecule has 40 heavy (non-hydrogen) atoms. The topological polar surface area (TPSA) is 102 Å². The van der Waals surface area contributed by atoms with E-state index in [9.17, 15) is 36.6 Å². The molecule has 3 rings (SSSR count). The summed E-state index contributed by atoms with van der Waals surface area (Å²) in [5.74, 6) is -4.11. The molecule has 0 spiro atoms. The van der Waals surface area contributed by atoms with Crippen LogP contribution in [0.5, 0.6) is 0 Å². The average molecular weight is 592 g/mol. The molecule has 14 heteroatoms. The molecule has 1 fully saturated rings. The zero-order valence-corrected chi connectivity index (χ0v) is 22.5. The van der Waals surface area contributed by atoms with E-state index in [1.165, 1.54) is 11.0 Å². The van der Waals surface area contributed by atoms with Crippen LogP contribution >= 0.6 is 11.6 Å². The number of anilines is 2. The van der Waals surface area contributed by atoms with Gasteiger partial charge in [-0.15, -0.1) is 0 Å². The Morgan fingerprint density at radius 2 is 1.82 bits per heavy atom. The number of aliphatic hydroxyl groups excluding tert-OH is 1. The summed E-state index contributed by atoms with van der Waals surface area (Å²) >= 11 is 6.19. The van der Waals surface area contributed by atoms with Crippen molar-refractivity contribution in [3.63, 3.8) is 0 Å². The number of hydrogen-bond donors (Lipinski definition) is 3. The molecule has 0 bridgehead atoms. The summed E-state index contributed by atoms with van der Waals surface area (Å²) in [5, 5.41) is 12.6. The number of amides is 2. The highest BCUT2D eigenvalue weighted by atomic mass is 35.5. The van der Waals surface area contributed by atoms with E-state index >= 15 is 0 Å². The Morgan fingerprint density at radius 3 is 2.40 bits per heavy atom. The monoisotopic (exact) mass is 591 g/mol. The number of nitrogens with two attached hydrogens (primary N) is 1. The van der Waals surface area contributed by atoms with Gasteiger partial charge in [-0.05, 0) is 36.9 Å². The Kier molecular flexibility index (Phi) is 10.7. The maximum Gasteiger partial charge on any atom is 0.390 e. The van der Waals surface area contributed by atoms with Crippen LogP contribution in [-0.4, -0.2) is 84.8 Å². The van der Waals surface area contributed by atoms with Crippen LogP contribution < -0.4 is 16.0 Å². The highest BCUT2D eigenvalue weighted by molar-refractivity contribution is 6.31. The summed E-state index contributed by atoms with van der Waals surface area (Å²) in [6.45, 7) is 2.09. The van der Waals surface area contributed by atoms with E-state index in [0.717, 1.165) is 12.1 Å². The lowest BCUT2D eigenvalue weighted by molar-refractivity contribution is -0.138. The largest absolute Gasteiger partial charge is 0.394 e. The maximum absolute atomic E-state index is 15.0. The van der Waals surface area contributed by atoms with Crippen LogP contribution in [0.25, 0.3) is 0 Å². The van der Waals surface area contributed by atoms with Crippen LogP contribution in [0.4, 0.5) is 33.3 Å². The van der Waals surface area contributed by atoms with Crippen LogP contribution in [0.1, 0.15) is 29.3 Å². The first-order valence-corrected chi connectivity index (χ1v) is 13.0. The minimum Gasteiger partial charge on any atom is -0.394 e. The predicted molar refractivity (Wildman–Crippen MR) is 141 cm³/mol. The Balaban J connectivity index is 1.84. The molecule has 8 nitrogen and oxygen atoms in total. The number of halogens is 6. The lowest BCUT2D eigenvalue weighted by atomic mass is 10.0. The van der Waals surface area contributed by atoms with Crippen molar-refractivity contribution in [2.75, 3.05) is 56.1 Å². The number of carbonyl (C=O) groups excluding carboxylic acids is 2. The normalized spacial score (nSPS) is 15.4. The summed E-state index contributed by atoms with van der Waals surface area (Å²) in [7, 11) is 0. The van der Waals surface area contributed by atoms with Crippen LogP contribution in [0.3, 0.4) is 0 Å². The number of benzene rings is 2. The molecule has 0 saturated carbocycles. The summed E-state index contributed by atoms with van der Waals surface area (Å²) in [4.78, 5) is 30.0. The number of alkyl halides is 3. The summed E-state index contributed by atoms with van der Waals surface area (Å²) < 4.78 is 67.0. The molecule has 2 aromatic rings. The fourth-order valence-corrected chi connectivity index (χ4v) is 4.72. The molecule has 2 amide bonds. The minimum absolute atomic E-state index is 0.114. The highest BCUT2D eigenvalue weighted by Crippen LogP contribution is 2.32. The standard InChI is InChI=1S/C26H31ClF5N5O3/c1-2-36(22(15-38)24(33)39)14-18-17(4-5-19(28)23(18)29)25(40)34-20-6-3-16(27)13-21(20)37-11-9-35(10-12-37)8-7-26(30,31)32/h3-6,13,22,38H,2,7-12,14-15H2,1H3,(H2,33,39)(H,34,40). The van der Waals surface area contributed by atoms with Crippen molar-refractivity contribution in [2.45, 2.75) is 32.1 Å². The number of primary amides is 1. The van der Waals surface area contributed by atoms with Gasteiger partial charge in [0.25, 0.3) is 5.91 Å². The molecule has 1 atom stereocenters. The van der Waals surface area contributed by atoms with E-state index in [-0.39, 0.29) is 30.8 Å². The minimum atomic E-state index is -4.24. The van der Waals surface area contributed by atoms with Crippen LogP contribution in [0.15, 0.2) is 30.3 Å². The van der Waals surface area contributed by atoms with Gasteiger partial charge in [-0.2, -0.15) is 13.2 Å². The average Bonchev–Trinajstić information content (AvgIpc) is 2.90. The molecule has 0 radical (unpaired) electrons. The zero-order valence-electron chi connectivity index (χ0n) is 21.8. The van der Waals surface area contributed by atoms with Crippen LogP contribution in [0, 0.1) is 11.6 Å². The van der Waals surface area contributed by atoms with Crippen molar-refractivity contribution >= 4 is 34.8 Å². The van der Waals surface area contributed by atoms with Crippen molar-refractivity contribution in [3.05, 3.63) is 58.1 Å². The van der Waals surface area contributed by atoms with E-state index in [2.05, 4.69) is 5.32 Å². The maximum atomic E-state index is 15.0. The molecule has 2 aromatic carbocycles. The van der Waals surface area contributed by atoms with Gasteiger partial charge in [-0.25, -0.2) is 8.78 Å². The molecule has 1 aliphatic heterocycles. The van der Waals surface area contributed by atoms with Gasteiger partial charge in [0, 0.05) is 55.4 Å². The second kappa shape index (κ2) is 13.6. The Labute approximate surface area is 233 Å². The van der Waals surface area contributed by atoms with Crippen molar-refractivity contribution in [3.8, 4) is 0 Å². The number of nitrogens with zero attached hydrogens (tertiary/aromatic N) is 3. The number of hydrogen-bond acceptors (Lipinski definition) is 6. The molecule has 220 valence electrons. The molecular formula is C26H31ClF5N5O3. The molecular weight excluding hydrogens is 561 g/mol. The summed E-state index contributed by atoms with van der Waals surface area (Å²) in [6, 6.07) is 5.42. The molecule has 0 aliphatic carbocycles. The van der Waals surface area contributed by atoms with Crippen molar-refractivity contribution in [1.82, 2.24) is 9.80 Å². The van der Waals surface area contributed by atoms with Gasteiger partial charge in [0.2, 0.25) is 5.91 Å². The lowest BCUT2D eigenvalue weighted by Crippen LogP contribution is -2.47. The van der Waals surface area contributed by atoms with E-state index in [1.807, 2.05) is 4.90 Å². The SMILES string of the molecule is CCN(Cc1c(C(=O)Nc2ccc(Cl)cc2N2CCN(CCC(F)(F)F)CC2)ccc(F)c1F)C(CO)C(N)=O. The van der Waals surface area contributed by atoms with Gasteiger partial charge in [-0.3, -0.25) is 19.4 Å². The first-order chi connectivity index (χ1) is 18.8. The van der Waals surface area contributed by atoms with Crippen LogP contribution in [-0.2, 0) is 11.3 Å². The van der Waals surface area contributed by atoms with Gasteiger partial charge >= 0.3 is 6.18 Å². The molecule has 1 saturated heterocycles. The predicted octanol–water partition coefficient (Wildman–Crippen LogP) is 3.61.